The molecule has 0 aliphatic rings. The first-order valence-electron chi connectivity index (χ1n) is 8.83. The van der Waals surface area contributed by atoms with Crippen molar-refractivity contribution in [3.8, 4) is 0 Å². The molecule has 0 atom stereocenters. The molecule has 29 heavy (non-hydrogen) atoms. The maximum atomic E-state index is 12.2. The van der Waals surface area contributed by atoms with Gasteiger partial charge in [-0.15, -0.1) is 0 Å². The van der Waals surface area contributed by atoms with Crippen LogP contribution < -0.4 is 15.8 Å². The van der Waals surface area contributed by atoms with E-state index in [9.17, 15) is 24.5 Å². The maximum Gasteiger partial charge on any atom is 0.339 e. The molecule has 1 aromatic carbocycles. The average molecular weight is 402 g/mol. The highest BCUT2D eigenvalue weighted by atomic mass is 16.6. The van der Waals surface area contributed by atoms with Gasteiger partial charge in [0, 0.05) is 38.1 Å². The highest BCUT2D eigenvalue weighted by Gasteiger charge is 2.21. The molecule has 1 aromatic heterocycles. The third-order valence-corrected chi connectivity index (χ3v) is 4.19. The van der Waals surface area contributed by atoms with Crippen LogP contribution in [-0.4, -0.2) is 48.6 Å². The molecule has 0 saturated heterocycles. The smallest absolute Gasteiger partial charge is 0.339 e. The number of hydrogen-bond acceptors (Lipinski definition) is 7. The van der Waals surface area contributed by atoms with E-state index in [4.69, 9.17) is 0 Å². The van der Waals surface area contributed by atoms with E-state index in [2.05, 4.69) is 10.1 Å². The molecule has 2 aromatic rings. The first-order valence-corrected chi connectivity index (χ1v) is 8.83. The molecule has 0 saturated carbocycles. The summed E-state index contributed by atoms with van der Waals surface area (Å²) in [5, 5.41) is 13.7. The van der Waals surface area contributed by atoms with E-state index in [1.54, 1.807) is 0 Å². The molecule has 10 heteroatoms. The monoisotopic (exact) mass is 402 g/mol. The van der Waals surface area contributed by atoms with E-state index in [0.29, 0.717) is 19.5 Å². The Morgan fingerprint density at radius 1 is 1.28 bits per heavy atom. The lowest BCUT2D eigenvalue weighted by molar-refractivity contribution is -0.386. The number of rotatable bonds is 9. The minimum atomic E-state index is -0.971. The fraction of sp³-hybridized carbons (Fsp3) is 0.316. The highest BCUT2D eigenvalue weighted by Crippen LogP contribution is 2.11. The Balaban J connectivity index is 1.96. The molecule has 1 amide bonds. The molecule has 1 N–H and O–H groups in total. The molecular formula is C19H22N4O6. The van der Waals surface area contributed by atoms with Crippen LogP contribution in [0.5, 0.6) is 0 Å². The molecule has 0 bridgehead atoms. The Morgan fingerprint density at radius 2 is 1.97 bits per heavy atom. The molecule has 2 rings (SSSR count). The van der Waals surface area contributed by atoms with Gasteiger partial charge in [0.05, 0.1) is 17.6 Å². The van der Waals surface area contributed by atoms with E-state index >= 15 is 0 Å². The van der Waals surface area contributed by atoms with Gasteiger partial charge in [-0.05, 0) is 18.6 Å². The Hall–Kier alpha value is -3.69. The largest absolute Gasteiger partial charge is 0.465 e. The van der Waals surface area contributed by atoms with Crippen LogP contribution in [0.25, 0.3) is 0 Å². The van der Waals surface area contributed by atoms with Crippen molar-refractivity contribution in [3.05, 3.63) is 68.6 Å². The van der Waals surface area contributed by atoms with Crippen LogP contribution in [0.2, 0.25) is 0 Å². The molecule has 1 heterocycles. The van der Waals surface area contributed by atoms with Crippen molar-refractivity contribution in [1.29, 1.82) is 0 Å². The Morgan fingerprint density at radius 3 is 2.59 bits per heavy atom. The SMILES string of the molecule is COC(=O)c1cc([N+](=O)[O-])c(=O)n(CC(=O)NCCCN(C)c2ccccc2)c1. The van der Waals surface area contributed by atoms with Gasteiger partial charge in [-0.3, -0.25) is 24.3 Å². The fourth-order valence-electron chi connectivity index (χ4n) is 2.66. The van der Waals surface area contributed by atoms with E-state index < -0.39 is 34.6 Å². The van der Waals surface area contributed by atoms with Crippen LogP contribution in [0.1, 0.15) is 16.8 Å². The van der Waals surface area contributed by atoms with Crippen molar-refractivity contribution < 1.29 is 19.2 Å². The van der Waals surface area contributed by atoms with Crippen LogP contribution in [0.15, 0.2) is 47.4 Å². The number of nitrogens with one attached hydrogen (secondary N) is 1. The number of para-hydroxylation sites is 1. The summed E-state index contributed by atoms with van der Waals surface area (Å²) < 4.78 is 5.36. The van der Waals surface area contributed by atoms with Crippen LogP contribution in [0, 0.1) is 10.1 Å². The summed E-state index contributed by atoms with van der Waals surface area (Å²) in [5.41, 5.74) is -0.903. The van der Waals surface area contributed by atoms with Crippen molar-refractivity contribution in [3.63, 3.8) is 0 Å². The molecule has 0 aliphatic heterocycles. The summed E-state index contributed by atoms with van der Waals surface area (Å²) in [6.07, 6.45) is 1.73. The summed E-state index contributed by atoms with van der Waals surface area (Å²) in [6, 6.07) is 10.6. The van der Waals surface area contributed by atoms with E-state index in [-0.39, 0.29) is 5.56 Å². The number of benzene rings is 1. The number of methoxy groups -OCH3 is 1. The first-order chi connectivity index (χ1) is 13.8. The van der Waals surface area contributed by atoms with Crippen LogP contribution in [-0.2, 0) is 16.1 Å². The summed E-state index contributed by atoms with van der Waals surface area (Å²) in [5.74, 6) is -1.34. The number of hydrogen-bond donors (Lipinski definition) is 1. The summed E-state index contributed by atoms with van der Waals surface area (Å²) in [7, 11) is 3.05. The molecule has 10 nitrogen and oxygen atoms in total. The second kappa shape index (κ2) is 10.0. The van der Waals surface area contributed by atoms with Crippen LogP contribution in [0.4, 0.5) is 11.4 Å². The lowest BCUT2D eigenvalue weighted by Crippen LogP contribution is -2.34. The minimum absolute atomic E-state index is 0.184. The molecule has 0 aliphatic carbocycles. The van der Waals surface area contributed by atoms with Crippen LogP contribution in [0.3, 0.4) is 0 Å². The topological polar surface area (TPSA) is 124 Å². The van der Waals surface area contributed by atoms with Gasteiger partial charge in [-0.2, -0.15) is 0 Å². The van der Waals surface area contributed by atoms with E-state index in [1.165, 1.54) is 0 Å². The van der Waals surface area contributed by atoms with Gasteiger partial charge in [-0.25, -0.2) is 4.79 Å². The van der Waals surface area contributed by atoms with Gasteiger partial charge >= 0.3 is 17.2 Å². The second-order valence-electron chi connectivity index (χ2n) is 6.26. The number of amides is 1. The lowest BCUT2D eigenvalue weighted by atomic mass is 10.2. The molecule has 0 radical (unpaired) electrons. The number of aromatic nitrogens is 1. The van der Waals surface area contributed by atoms with Gasteiger partial charge in [0.25, 0.3) is 0 Å². The third-order valence-electron chi connectivity index (χ3n) is 4.19. The number of ether oxygens (including phenoxy) is 1. The maximum absolute atomic E-state index is 12.2. The number of carbonyl (C=O) groups excluding carboxylic acids is 2. The average Bonchev–Trinajstić information content (AvgIpc) is 2.72. The Bertz CT molecular complexity index is 941. The summed E-state index contributed by atoms with van der Waals surface area (Å²) in [4.78, 5) is 48.2. The number of anilines is 1. The fourth-order valence-corrected chi connectivity index (χ4v) is 2.66. The number of pyridine rings is 1. The van der Waals surface area contributed by atoms with Crippen LogP contribution >= 0.6 is 0 Å². The first kappa shape index (κ1) is 21.6. The molecule has 154 valence electrons. The standard InChI is InChI=1S/C19H22N4O6/c1-21(15-7-4-3-5-8-15)10-6-9-20-17(24)13-22-12-14(19(26)29-2)11-16(18(22)25)23(27)28/h3-5,7-8,11-12H,6,9-10,13H2,1-2H3,(H,20,24). The molecule has 0 unspecified atom stereocenters. The normalized spacial score (nSPS) is 10.3. The second-order valence-corrected chi connectivity index (χ2v) is 6.26. The summed E-state index contributed by atoms with van der Waals surface area (Å²) in [6.45, 7) is 0.621. The number of nitrogens with zero attached hydrogens (tertiary/aromatic N) is 3. The molecular weight excluding hydrogens is 380 g/mol. The van der Waals surface area contributed by atoms with Crippen molar-refractivity contribution in [2.24, 2.45) is 0 Å². The van der Waals surface area contributed by atoms with Crippen molar-refractivity contribution in [2.75, 3.05) is 32.1 Å². The molecule has 0 spiro atoms. The van der Waals surface area contributed by atoms with Crippen molar-refractivity contribution in [2.45, 2.75) is 13.0 Å². The van der Waals surface area contributed by atoms with Crippen molar-refractivity contribution in [1.82, 2.24) is 9.88 Å². The quantitative estimate of drug-likeness (QED) is 0.289. The number of esters is 1. The Kier molecular flexibility index (Phi) is 7.47. The zero-order valence-corrected chi connectivity index (χ0v) is 16.2. The van der Waals surface area contributed by atoms with Gasteiger partial charge in [0.2, 0.25) is 5.91 Å². The van der Waals surface area contributed by atoms with Gasteiger partial charge in [-0.1, -0.05) is 18.2 Å². The van der Waals surface area contributed by atoms with Crippen molar-refractivity contribution >= 4 is 23.3 Å². The van der Waals surface area contributed by atoms with E-state index in [1.807, 2.05) is 42.3 Å². The summed E-state index contributed by atoms with van der Waals surface area (Å²) >= 11 is 0. The highest BCUT2D eigenvalue weighted by molar-refractivity contribution is 5.89. The minimum Gasteiger partial charge on any atom is -0.465 e. The predicted octanol–water partition coefficient (Wildman–Crippen LogP) is 1.19. The molecule has 0 fully saturated rings. The number of carbonyl (C=O) groups is 2. The van der Waals surface area contributed by atoms with Gasteiger partial charge in [0.1, 0.15) is 6.54 Å². The van der Waals surface area contributed by atoms with Gasteiger partial charge < -0.3 is 15.0 Å². The predicted molar refractivity (Wildman–Crippen MR) is 106 cm³/mol. The lowest BCUT2D eigenvalue weighted by Gasteiger charge is -2.19. The zero-order valence-electron chi connectivity index (χ0n) is 16.2. The van der Waals surface area contributed by atoms with Gasteiger partial charge in [0.15, 0.2) is 0 Å². The third kappa shape index (κ3) is 5.89. The van der Waals surface area contributed by atoms with E-state index in [0.717, 1.165) is 29.6 Å². The Labute approximate surface area is 166 Å². The number of nitro groups is 1. The zero-order chi connectivity index (χ0) is 21.4.